The van der Waals surface area contributed by atoms with Crippen LogP contribution in [0.25, 0.3) is 0 Å². The van der Waals surface area contributed by atoms with E-state index in [-0.39, 0.29) is 11.9 Å². The molecule has 0 aliphatic rings. The van der Waals surface area contributed by atoms with Crippen LogP contribution in [-0.2, 0) is 4.74 Å². The Hall–Kier alpha value is -0.970. The molecular weight excluding hydrogens is 243 g/mol. The zero-order valence-electron chi connectivity index (χ0n) is 12.2. The third-order valence-corrected chi connectivity index (χ3v) is 3.39. The van der Waals surface area contributed by atoms with Crippen LogP contribution < -0.4 is 5.32 Å². The largest absolute Gasteiger partial charge is 0.383 e. The van der Waals surface area contributed by atoms with Gasteiger partial charge in [-0.1, -0.05) is 19.1 Å². The minimum atomic E-state index is -0.176. The van der Waals surface area contributed by atoms with Crippen molar-refractivity contribution in [1.29, 1.82) is 0 Å². The summed E-state index contributed by atoms with van der Waals surface area (Å²) in [4.78, 5) is 2.34. The van der Waals surface area contributed by atoms with E-state index in [4.69, 9.17) is 4.74 Å². The number of ether oxygens (including phenoxy) is 1. The normalized spacial score (nSPS) is 12.9. The molecular formula is C15H25FN2O. The average Bonchev–Trinajstić information content (AvgIpc) is 2.43. The highest BCUT2D eigenvalue weighted by molar-refractivity contribution is 5.20. The lowest BCUT2D eigenvalue weighted by Crippen LogP contribution is -2.31. The molecule has 0 amide bonds. The van der Waals surface area contributed by atoms with Crippen molar-refractivity contribution in [2.75, 3.05) is 40.4 Å². The second kappa shape index (κ2) is 9.02. The zero-order valence-corrected chi connectivity index (χ0v) is 12.2. The molecule has 0 aliphatic carbocycles. The molecule has 0 spiro atoms. The highest BCUT2D eigenvalue weighted by Crippen LogP contribution is 2.17. The van der Waals surface area contributed by atoms with Crippen molar-refractivity contribution < 1.29 is 9.13 Å². The number of nitrogens with zero attached hydrogens (tertiary/aromatic N) is 1. The summed E-state index contributed by atoms with van der Waals surface area (Å²) in [6.07, 6.45) is 0.956. The fourth-order valence-corrected chi connectivity index (χ4v) is 2.16. The Morgan fingerprint density at radius 2 is 2.16 bits per heavy atom. The monoisotopic (exact) mass is 268 g/mol. The predicted molar refractivity (Wildman–Crippen MR) is 76.8 cm³/mol. The molecule has 3 nitrogen and oxygen atoms in total. The molecule has 0 fully saturated rings. The topological polar surface area (TPSA) is 24.5 Å². The third kappa shape index (κ3) is 5.68. The molecule has 1 unspecified atom stereocenters. The van der Waals surface area contributed by atoms with Gasteiger partial charge in [0.15, 0.2) is 0 Å². The van der Waals surface area contributed by atoms with Crippen LogP contribution >= 0.6 is 0 Å². The Labute approximate surface area is 115 Å². The molecule has 0 aromatic heterocycles. The second-order valence-corrected chi connectivity index (χ2v) is 4.61. The summed E-state index contributed by atoms with van der Waals surface area (Å²) < 4.78 is 18.3. The van der Waals surface area contributed by atoms with Crippen molar-refractivity contribution in [3.8, 4) is 0 Å². The molecule has 0 radical (unpaired) electrons. The quantitative estimate of drug-likeness (QED) is 0.744. The Balaban J connectivity index is 2.52. The molecule has 0 bridgehead atoms. The van der Waals surface area contributed by atoms with Crippen LogP contribution in [0.4, 0.5) is 4.39 Å². The van der Waals surface area contributed by atoms with E-state index in [1.807, 2.05) is 13.1 Å². The molecule has 0 heterocycles. The van der Waals surface area contributed by atoms with Crippen molar-refractivity contribution in [3.05, 3.63) is 35.6 Å². The third-order valence-electron chi connectivity index (χ3n) is 3.39. The highest BCUT2D eigenvalue weighted by Gasteiger charge is 2.11. The lowest BCUT2D eigenvalue weighted by atomic mass is 10.0. The standard InChI is InChI=1S/C15H25FN2O/c1-4-18(10-11-19-3)9-8-15(17-2)13-6-5-7-14(16)12-13/h5-7,12,15,17H,4,8-11H2,1-3H3. The summed E-state index contributed by atoms with van der Waals surface area (Å²) in [6.45, 7) is 5.81. The van der Waals surface area contributed by atoms with Crippen molar-refractivity contribution in [2.45, 2.75) is 19.4 Å². The number of halogens is 1. The van der Waals surface area contributed by atoms with Crippen LogP contribution in [0.1, 0.15) is 24.9 Å². The molecule has 1 N–H and O–H groups in total. The smallest absolute Gasteiger partial charge is 0.123 e. The van der Waals surface area contributed by atoms with E-state index in [0.717, 1.165) is 38.2 Å². The number of hydrogen-bond acceptors (Lipinski definition) is 3. The van der Waals surface area contributed by atoms with Gasteiger partial charge in [-0.2, -0.15) is 0 Å². The van der Waals surface area contributed by atoms with Crippen molar-refractivity contribution in [1.82, 2.24) is 10.2 Å². The molecule has 1 aromatic rings. The van der Waals surface area contributed by atoms with Gasteiger partial charge < -0.3 is 15.0 Å². The first kappa shape index (κ1) is 16.1. The molecule has 108 valence electrons. The summed E-state index contributed by atoms with van der Waals surface area (Å²) in [5, 5.41) is 3.26. The minimum absolute atomic E-state index is 0.176. The van der Waals surface area contributed by atoms with E-state index in [1.54, 1.807) is 19.2 Å². The van der Waals surface area contributed by atoms with E-state index < -0.39 is 0 Å². The first-order valence-electron chi connectivity index (χ1n) is 6.85. The fourth-order valence-electron chi connectivity index (χ4n) is 2.16. The Morgan fingerprint density at radius 3 is 2.74 bits per heavy atom. The van der Waals surface area contributed by atoms with Crippen LogP contribution in [0.5, 0.6) is 0 Å². The number of benzene rings is 1. The van der Waals surface area contributed by atoms with Crippen LogP contribution in [0, 0.1) is 5.82 Å². The minimum Gasteiger partial charge on any atom is -0.383 e. The summed E-state index contributed by atoms with van der Waals surface area (Å²) in [7, 11) is 3.64. The van der Waals surface area contributed by atoms with Gasteiger partial charge in [-0.3, -0.25) is 0 Å². The van der Waals surface area contributed by atoms with Gasteiger partial charge in [-0.05, 0) is 37.7 Å². The van der Waals surface area contributed by atoms with E-state index >= 15 is 0 Å². The summed E-state index contributed by atoms with van der Waals surface area (Å²) in [5.41, 5.74) is 1.00. The maximum Gasteiger partial charge on any atom is 0.123 e. The van der Waals surface area contributed by atoms with E-state index in [9.17, 15) is 4.39 Å². The van der Waals surface area contributed by atoms with Gasteiger partial charge in [-0.15, -0.1) is 0 Å². The SMILES string of the molecule is CCN(CCOC)CCC(NC)c1cccc(F)c1. The first-order valence-corrected chi connectivity index (χ1v) is 6.85. The summed E-state index contributed by atoms with van der Waals surface area (Å²) in [5.74, 6) is -0.176. The van der Waals surface area contributed by atoms with E-state index in [2.05, 4.69) is 17.1 Å². The molecule has 0 aliphatic heterocycles. The molecule has 1 rings (SSSR count). The maximum atomic E-state index is 13.2. The summed E-state index contributed by atoms with van der Waals surface area (Å²) in [6, 6.07) is 7.00. The van der Waals surface area contributed by atoms with Gasteiger partial charge in [0, 0.05) is 26.2 Å². The molecule has 0 saturated heterocycles. The second-order valence-electron chi connectivity index (χ2n) is 4.61. The van der Waals surface area contributed by atoms with Gasteiger partial charge in [0.05, 0.1) is 6.61 Å². The van der Waals surface area contributed by atoms with Crippen molar-refractivity contribution in [2.24, 2.45) is 0 Å². The van der Waals surface area contributed by atoms with Crippen LogP contribution in [0.15, 0.2) is 24.3 Å². The average molecular weight is 268 g/mol. The Kier molecular flexibility index (Phi) is 7.63. The number of likely N-dealkylation sites (N-methyl/N-ethyl adjacent to an activating group) is 1. The molecule has 1 aromatic carbocycles. The highest BCUT2D eigenvalue weighted by atomic mass is 19.1. The van der Waals surface area contributed by atoms with Gasteiger partial charge in [0.1, 0.15) is 5.82 Å². The van der Waals surface area contributed by atoms with Crippen LogP contribution in [-0.4, -0.2) is 45.3 Å². The number of nitrogens with one attached hydrogen (secondary N) is 1. The summed E-state index contributed by atoms with van der Waals surface area (Å²) >= 11 is 0. The Morgan fingerprint density at radius 1 is 1.37 bits per heavy atom. The van der Waals surface area contributed by atoms with Gasteiger partial charge in [-0.25, -0.2) is 4.39 Å². The Bertz CT molecular complexity index is 360. The number of hydrogen-bond donors (Lipinski definition) is 1. The molecule has 4 heteroatoms. The fraction of sp³-hybridized carbons (Fsp3) is 0.600. The van der Waals surface area contributed by atoms with Crippen LogP contribution in [0.2, 0.25) is 0 Å². The maximum absolute atomic E-state index is 13.2. The van der Waals surface area contributed by atoms with Crippen LogP contribution in [0.3, 0.4) is 0 Å². The lowest BCUT2D eigenvalue weighted by molar-refractivity contribution is 0.148. The van der Waals surface area contributed by atoms with E-state index in [1.165, 1.54) is 6.07 Å². The van der Waals surface area contributed by atoms with E-state index in [0.29, 0.717) is 0 Å². The van der Waals surface area contributed by atoms with Crippen molar-refractivity contribution >= 4 is 0 Å². The molecule has 0 saturated carbocycles. The van der Waals surface area contributed by atoms with Gasteiger partial charge >= 0.3 is 0 Å². The lowest BCUT2D eigenvalue weighted by Gasteiger charge is -2.23. The zero-order chi connectivity index (χ0) is 14.1. The number of methoxy groups -OCH3 is 1. The van der Waals surface area contributed by atoms with Gasteiger partial charge in [0.2, 0.25) is 0 Å². The first-order chi connectivity index (χ1) is 9.21. The number of rotatable bonds is 9. The van der Waals surface area contributed by atoms with Crippen molar-refractivity contribution in [3.63, 3.8) is 0 Å². The van der Waals surface area contributed by atoms with Gasteiger partial charge in [0.25, 0.3) is 0 Å². The molecule has 1 atom stereocenters. The molecule has 19 heavy (non-hydrogen) atoms. The predicted octanol–water partition coefficient (Wildman–Crippen LogP) is 2.44.